The number of nitrogens with one attached hydrogen (secondary N) is 1. The number of nitrogens with zero attached hydrogens (tertiary/aromatic N) is 3. The van der Waals surface area contributed by atoms with Gasteiger partial charge in [0.2, 0.25) is 5.91 Å². The quantitative estimate of drug-likeness (QED) is 0.506. The van der Waals surface area contributed by atoms with Crippen molar-refractivity contribution in [2.24, 2.45) is 5.92 Å². The Labute approximate surface area is 169 Å². The number of thioether (sulfide) groups is 1. The lowest BCUT2D eigenvalue weighted by molar-refractivity contribution is -0.116. The maximum absolute atomic E-state index is 13.2. The normalized spacial score (nSPS) is 11.4. The van der Waals surface area contributed by atoms with E-state index in [4.69, 9.17) is 0 Å². The average Bonchev–Trinajstić information content (AvgIpc) is 2.94. The molecule has 0 saturated heterocycles. The minimum Gasteiger partial charge on any atom is -0.330 e. The summed E-state index contributed by atoms with van der Waals surface area (Å²) in [6.45, 7) is 8.65. The maximum atomic E-state index is 13.2. The van der Waals surface area contributed by atoms with Crippen LogP contribution in [0.25, 0.3) is 11.0 Å². The van der Waals surface area contributed by atoms with E-state index in [1.54, 1.807) is 9.13 Å². The van der Waals surface area contributed by atoms with Gasteiger partial charge in [0.05, 0.1) is 5.52 Å². The number of carbonyl (C=O) groups excluding carboxylic acids is 1. The fraction of sp³-hybridized carbons (Fsp3) is 0.381. The van der Waals surface area contributed by atoms with E-state index >= 15 is 0 Å². The number of para-hydroxylation sites is 1. The van der Waals surface area contributed by atoms with E-state index in [1.807, 2.05) is 50.4 Å². The maximum Gasteiger partial charge on any atom is 0.278 e. The molecule has 7 heteroatoms. The summed E-state index contributed by atoms with van der Waals surface area (Å²) in [4.78, 5) is 30.6. The van der Waals surface area contributed by atoms with Crippen molar-refractivity contribution in [1.82, 2.24) is 14.1 Å². The summed E-state index contributed by atoms with van der Waals surface area (Å²) in [5, 5.41) is 3.64. The first-order valence-corrected chi connectivity index (χ1v) is 10.5. The van der Waals surface area contributed by atoms with Crippen molar-refractivity contribution < 1.29 is 4.79 Å². The van der Waals surface area contributed by atoms with Crippen LogP contribution in [0.4, 0.5) is 5.69 Å². The highest BCUT2D eigenvalue weighted by atomic mass is 32.2. The van der Waals surface area contributed by atoms with Crippen molar-refractivity contribution in [2.75, 3.05) is 11.6 Å². The Morgan fingerprint density at radius 3 is 2.57 bits per heavy atom. The minimum absolute atomic E-state index is 0.0703. The molecule has 0 bridgehead atoms. The van der Waals surface area contributed by atoms with E-state index in [2.05, 4.69) is 24.1 Å². The van der Waals surface area contributed by atoms with Gasteiger partial charge in [0.25, 0.3) is 5.56 Å². The van der Waals surface area contributed by atoms with Gasteiger partial charge >= 0.3 is 0 Å². The third kappa shape index (κ3) is 3.99. The molecule has 0 aliphatic heterocycles. The molecule has 0 spiro atoms. The molecule has 0 aliphatic carbocycles. The van der Waals surface area contributed by atoms with Gasteiger partial charge < -0.3 is 9.88 Å². The summed E-state index contributed by atoms with van der Waals surface area (Å²) in [6, 6.07) is 9.51. The summed E-state index contributed by atoms with van der Waals surface area (Å²) < 4.78 is 3.48. The molecule has 28 heavy (non-hydrogen) atoms. The van der Waals surface area contributed by atoms with Gasteiger partial charge in [-0.15, -0.1) is 0 Å². The molecular weight excluding hydrogens is 372 g/mol. The molecule has 0 fully saturated rings. The smallest absolute Gasteiger partial charge is 0.278 e. The van der Waals surface area contributed by atoms with E-state index in [9.17, 15) is 9.59 Å². The first-order chi connectivity index (χ1) is 13.3. The fourth-order valence-electron chi connectivity index (χ4n) is 3.28. The first kappa shape index (κ1) is 20.2. The molecule has 0 aliphatic rings. The Morgan fingerprint density at radius 1 is 1.21 bits per heavy atom. The van der Waals surface area contributed by atoms with Crippen molar-refractivity contribution in [1.29, 1.82) is 0 Å². The van der Waals surface area contributed by atoms with Crippen molar-refractivity contribution in [3.63, 3.8) is 0 Å². The van der Waals surface area contributed by atoms with E-state index < -0.39 is 0 Å². The largest absolute Gasteiger partial charge is 0.330 e. The number of fused-ring (bicyclic) bond motifs is 1. The van der Waals surface area contributed by atoms with E-state index in [-0.39, 0.29) is 18.0 Å². The van der Waals surface area contributed by atoms with Gasteiger partial charge in [0.1, 0.15) is 12.1 Å². The van der Waals surface area contributed by atoms with Gasteiger partial charge in [-0.05, 0) is 43.7 Å². The number of carbonyl (C=O) groups is 1. The zero-order chi connectivity index (χ0) is 20.4. The molecule has 2 aromatic heterocycles. The van der Waals surface area contributed by atoms with Crippen LogP contribution in [0.15, 0.2) is 40.3 Å². The molecule has 0 saturated carbocycles. The minimum atomic E-state index is -0.168. The van der Waals surface area contributed by atoms with E-state index in [0.717, 1.165) is 16.9 Å². The molecule has 0 unspecified atom stereocenters. The number of hydrogen-bond acceptors (Lipinski definition) is 4. The average molecular weight is 399 g/mol. The number of benzene rings is 1. The van der Waals surface area contributed by atoms with Crippen LogP contribution in [0.5, 0.6) is 0 Å². The lowest BCUT2D eigenvalue weighted by atomic mass is 10.2. The number of amides is 1. The Hall–Kier alpha value is -2.54. The number of aryl methyl sites for hydroxylation is 2. The fourth-order valence-corrected chi connectivity index (χ4v) is 3.85. The second kappa shape index (κ2) is 8.22. The van der Waals surface area contributed by atoms with E-state index in [1.165, 1.54) is 11.8 Å². The van der Waals surface area contributed by atoms with Crippen LogP contribution >= 0.6 is 11.8 Å². The second-order valence-corrected chi connectivity index (χ2v) is 8.15. The van der Waals surface area contributed by atoms with Gasteiger partial charge in [-0.1, -0.05) is 43.8 Å². The highest BCUT2D eigenvalue weighted by Gasteiger charge is 2.18. The van der Waals surface area contributed by atoms with Gasteiger partial charge in [-0.25, -0.2) is 4.98 Å². The summed E-state index contributed by atoms with van der Waals surface area (Å²) >= 11 is 1.46. The standard InChI is InChI=1S/C21H26N4O2S/c1-13(2)11-25-20(27)19-17(23-21(25)28-5)10-15(4)24(19)12-18(26)22-16-9-7-6-8-14(16)3/h6-10,13H,11-12H2,1-5H3,(H,22,26). The first-order valence-electron chi connectivity index (χ1n) is 9.32. The Morgan fingerprint density at radius 2 is 1.93 bits per heavy atom. The van der Waals surface area contributed by atoms with Gasteiger partial charge in [-0.3, -0.25) is 14.2 Å². The van der Waals surface area contributed by atoms with Gasteiger partial charge in [0.15, 0.2) is 5.16 Å². The SMILES string of the molecule is CSc1nc2cc(C)n(CC(=O)Nc3ccccc3C)c2c(=O)n1CC(C)C. The highest BCUT2D eigenvalue weighted by molar-refractivity contribution is 7.98. The summed E-state index contributed by atoms with van der Waals surface area (Å²) in [6.07, 6.45) is 1.92. The number of hydrogen-bond donors (Lipinski definition) is 1. The summed E-state index contributed by atoms with van der Waals surface area (Å²) in [7, 11) is 0. The molecule has 148 valence electrons. The highest BCUT2D eigenvalue weighted by Crippen LogP contribution is 2.20. The van der Waals surface area contributed by atoms with Gasteiger partial charge in [0, 0.05) is 17.9 Å². The lowest BCUT2D eigenvalue weighted by Crippen LogP contribution is -2.28. The molecule has 6 nitrogen and oxygen atoms in total. The summed E-state index contributed by atoms with van der Waals surface area (Å²) in [5.74, 6) is 0.148. The summed E-state index contributed by atoms with van der Waals surface area (Å²) in [5.41, 5.74) is 3.64. The molecule has 0 atom stereocenters. The van der Waals surface area contributed by atoms with Crippen molar-refractivity contribution in [2.45, 2.75) is 45.9 Å². The van der Waals surface area contributed by atoms with Crippen LogP contribution < -0.4 is 10.9 Å². The molecule has 1 amide bonds. The number of anilines is 1. The lowest BCUT2D eigenvalue weighted by Gasteiger charge is -2.14. The molecule has 2 heterocycles. The molecule has 3 rings (SSSR count). The van der Waals surface area contributed by atoms with Crippen molar-refractivity contribution in [3.05, 3.63) is 51.9 Å². The van der Waals surface area contributed by atoms with Crippen LogP contribution in [-0.4, -0.2) is 26.3 Å². The van der Waals surface area contributed by atoms with Crippen LogP contribution in [0.2, 0.25) is 0 Å². The molecular formula is C21H26N4O2S. The predicted octanol–water partition coefficient (Wildman–Crippen LogP) is 3.83. The number of aromatic nitrogens is 3. The predicted molar refractivity (Wildman–Crippen MR) is 115 cm³/mol. The zero-order valence-corrected chi connectivity index (χ0v) is 17.8. The molecule has 3 aromatic rings. The van der Waals surface area contributed by atoms with Crippen LogP contribution in [-0.2, 0) is 17.9 Å². The van der Waals surface area contributed by atoms with Crippen molar-refractivity contribution in [3.8, 4) is 0 Å². The zero-order valence-electron chi connectivity index (χ0n) is 16.9. The number of rotatable bonds is 6. The van der Waals surface area contributed by atoms with Gasteiger partial charge in [-0.2, -0.15) is 0 Å². The van der Waals surface area contributed by atoms with Crippen LogP contribution in [0.1, 0.15) is 25.1 Å². The third-order valence-electron chi connectivity index (χ3n) is 4.63. The van der Waals surface area contributed by atoms with E-state index in [0.29, 0.717) is 28.7 Å². The Balaban J connectivity index is 2.01. The van der Waals surface area contributed by atoms with Crippen molar-refractivity contribution >= 4 is 34.4 Å². The Bertz CT molecular complexity index is 1080. The van der Waals surface area contributed by atoms with Crippen LogP contribution in [0.3, 0.4) is 0 Å². The van der Waals surface area contributed by atoms with Crippen LogP contribution in [0, 0.1) is 19.8 Å². The Kier molecular flexibility index (Phi) is 5.93. The monoisotopic (exact) mass is 398 g/mol. The topological polar surface area (TPSA) is 68.9 Å². The molecule has 1 aromatic carbocycles. The second-order valence-electron chi connectivity index (χ2n) is 7.38. The third-order valence-corrected chi connectivity index (χ3v) is 5.31. The molecule has 1 N–H and O–H groups in total. The molecule has 0 radical (unpaired) electrons.